The Morgan fingerprint density at radius 3 is 2.47 bits per heavy atom. The topological polar surface area (TPSA) is 84.9 Å². The fourth-order valence-electron chi connectivity index (χ4n) is 3.47. The van der Waals surface area contributed by atoms with Crippen LogP contribution in [0.4, 0.5) is 10.5 Å². The molecule has 1 heterocycles. The van der Waals surface area contributed by atoms with E-state index in [-0.39, 0.29) is 12.2 Å². The molecule has 7 nitrogen and oxygen atoms in total. The molecular formula is C26H19BrCl2N2O5. The van der Waals surface area contributed by atoms with Crippen molar-refractivity contribution in [1.29, 1.82) is 0 Å². The average molecular weight is 590 g/mol. The predicted molar refractivity (Wildman–Crippen MR) is 142 cm³/mol. The van der Waals surface area contributed by atoms with E-state index in [4.69, 9.17) is 32.7 Å². The first-order valence-corrected chi connectivity index (χ1v) is 12.3. The van der Waals surface area contributed by atoms with Crippen molar-refractivity contribution in [2.24, 2.45) is 0 Å². The predicted octanol–water partition coefficient (Wildman–Crippen LogP) is 6.40. The summed E-state index contributed by atoms with van der Waals surface area (Å²) in [6.07, 6.45) is 1.40. The van der Waals surface area contributed by atoms with Gasteiger partial charge in [-0.15, -0.1) is 0 Å². The van der Waals surface area contributed by atoms with Crippen molar-refractivity contribution in [3.05, 3.63) is 91.9 Å². The second-order valence-corrected chi connectivity index (χ2v) is 9.34. The SMILES string of the molecule is CCOc1cc(C=C2C(=O)NC(=O)N(c3cccc(Br)c3)C2=O)ccc1OCc1ccc(Cl)c(Cl)c1. The third-order valence-electron chi connectivity index (χ3n) is 5.13. The Hall–Kier alpha value is -3.33. The van der Waals surface area contributed by atoms with E-state index in [1.54, 1.807) is 60.7 Å². The van der Waals surface area contributed by atoms with Gasteiger partial charge in [-0.1, -0.05) is 57.3 Å². The van der Waals surface area contributed by atoms with Gasteiger partial charge in [0.25, 0.3) is 11.8 Å². The highest BCUT2D eigenvalue weighted by molar-refractivity contribution is 9.10. The van der Waals surface area contributed by atoms with Crippen LogP contribution in [-0.2, 0) is 16.2 Å². The number of ether oxygens (including phenoxy) is 2. The number of nitrogens with zero attached hydrogens (tertiary/aromatic N) is 1. The van der Waals surface area contributed by atoms with Gasteiger partial charge in [-0.05, 0) is 66.6 Å². The van der Waals surface area contributed by atoms with E-state index in [9.17, 15) is 14.4 Å². The maximum atomic E-state index is 13.1. The number of halogens is 3. The van der Waals surface area contributed by atoms with Gasteiger partial charge < -0.3 is 9.47 Å². The molecule has 0 unspecified atom stereocenters. The highest BCUT2D eigenvalue weighted by Gasteiger charge is 2.36. The summed E-state index contributed by atoms with van der Waals surface area (Å²) in [6.45, 7) is 2.42. The van der Waals surface area contributed by atoms with E-state index in [1.165, 1.54) is 6.08 Å². The van der Waals surface area contributed by atoms with Gasteiger partial charge in [0.1, 0.15) is 12.2 Å². The van der Waals surface area contributed by atoms with Crippen LogP contribution in [0.25, 0.3) is 6.08 Å². The molecule has 10 heteroatoms. The maximum Gasteiger partial charge on any atom is 0.335 e. The lowest BCUT2D eigenvalue weighted by Gasteiger charge is -2.26. The average Bonchev–Trinajstić information content (AvgIpc) is 2.83. The standard InChI is InChI=1S/C26H19BrCl2N2O5/c1-2-35-23-12-15(7-9-22(23)36-14-16-6-8-20(28)21(29)11-16)10-19-24(32)30-26(34)31(25(19)33)18-5-3-4-17(27)13-18/h3-13H,2,14H2,1H3,(H,30,32,34). The maximum absolute atomic E-state index is 13.1. The molecular weight excluding hydrogens is 571 g/mol. The third kappa shape index (κ3) is 5.73. The Morgan fingerprint density at radius 1 is 0.944 bits per heavy atom. The van der Waals surface area contributed by atoms with Gasteiger partial charge in [-0.25, -0.2) is 9.69 Å². The molecule has 36 heavy (non-hydrogen) atoms. The minimum Gasteiger partial charge on any atom is -0.490 e. The second kappa shape index (κ2) is 11.2. The molecule has 0 spiro atoms. The van der Waals surface area contributed by atoms with E-state index >= 15 is 0 Å². The third-order valence-corrected chi connectivity index (χ3v) is 6.36. The lowest BCUT2D eigenvalue weighted by Crippen LogP contribution is -2.54. The summed E-state index contributed by atoms with van der Waals surface area (Å²) < 4.78 is 12.3. The van der Waals surface area contributed by atoms with Crippen LogP contribution in [0, 0.1) is 0 Å². The molecule has 1 aliphatic rings. The van der Waals surface area contributed by atoms with Crippen molar-refractivity contribution in [2.45, 2.75) is 13.5 Å². The van der Waals surface area contributed by atoms with Crippen LogP contribution in [-0.4, -0.2) is 24.5 Å². The van der Waals surface area contributed by atoms with E-state index in [1.807, 2.05) is 6.92 Å². The van der Waals surface area contributed by atoms with Gasteiger partial charge in [0, 0.05) is 4.47 Å². The van der Waals surface area contributed by atoms with Gasteiger partial charge in [-0.3, -0.25) is 14.9 Å². The molecule has 0 saturated carbocycles. The molecule has 0 atom stereocenters. The zero-order valence-electron chi connectivity index (χ0n) is 18.9. The molecule has 0 aromatic heterocycles. The number of carbonyl (C=O) groups is 3. The number of hydrogen-bond donors (Lipinski definition) is 1. The summed E-state index contributed by atoms with van der Waals surface area (Å²) in [6, 6.07) is 16.1. The molecule has 4 amide bonds. The fraction of sp³-hybridized carbons (Fsp3) is 0.115. The summed E-state index contributed by atoms with van der Waals surface area (Å²) in [4.78, 5) is 39.0. The van der Waals surface area contributed by atoms with Gasteiger partial charge in [-0.2, -0.15) is 0 Å². The van der Waals surface area contributed by atoms with Crippen LogP contribution in [0.15, 0.2) is 70.7 Å². The highest BCUT2D eigenvalue weighted by Crippen LogP contribution is 2.32. The number of amides is 4. The summed E-state index contributed by atoms with van der Waals surface area (Å²) >= 11 is 15.4. The molecule has 0 radical (unpaired) electrons. The minimum absolute atomic E-state index is 0.193. The molecule has 1 N–H and O–H groups in total. The Labute approximate surface area is 225 Å². The van der Waals surface area contributed by atoms with Crippen molar-refractivity contribution < 1.29 is 23.9 Å². The monoisotopic (exact) mass is 588 g/mol. The van der Waals surface area contributed by atoms with Crippen molar-refractivity contribution in [3.8, 4) is 11.5 Å². The van der Waals surface area contributed by atoms with Crippen LogP contribution >= 0.6 is 39.1 Å². The number of anilines is 1. The molecule has 3 aromatic carbocycles. The van der Waals surface area contributed by atoms with Crippen LogP contribution in [0.2, 0.25) is 10.0 Å². The molecule has 0 aliphatic carbocycles. The molecule has 1 saturated heterocycles. The molecule has 1 fully saturated rings. The molecule has 4 rings (SSSR count). The highest BCUT2D eigenvalue weighted by atomic mass is 79.9. The first-order valence-electron chi connectivity index (χ1n) is 10.8. The van der Waals surface area contributed by atoms with E-state index in [2.05, 4.69) is 21.2 Å². The quantitative estimate of drug-likeness (QED) is 0.255. The molecule has 0 bridgehead atoms. The number of hydrogen-bond acceptors (Lipinski definition) is 5. The number of carbonyl (C=O) groups excluding carboxylic acids is 3. The van der Waals surface area contributed by atoms with Crippen LogP contribution < -0.4 is 19.7 Å². The normalized spacial score (nSPS) is 14.7. The minimum atomic E-state index is -0.818. The first kappa shape index (κ1) is 25.8. The number of imide groups is 2. The number of barbiturate groups is 1. The largest absolute Gasteiger partial charge is 0.490 e. The van der Waals surface area contributed by atoms with Crippen molar-refractivity contribution >= 4 is 68.7 Å². The lowest BCUT2D eigenvalue weighted by molar-refractivity contribution is -0.122. The molecule has 1 aliphatic heterocycles. The molecule has 184 valence electrons. The Balaban J connectivity index is 1.61. The fourth-order valence-corrected chi connectivity index (χ4v) is 4.17. The van der Waals surface area contributed by atoms with Gasteiger partial charge in [0.05, 0.1) is 22.3 Å². The number of urea groups is 1. The zero-order chi connectivity index (χ0) is 25.8. The van der Waals surface area contributed by atoms with Gasteiger partial charge >= 0.3 is 6.03 Å². The van der Waals surface area contributed by atoms with Crippen LogP contribution in [0.5, 0.6) is 11.5 Å². The Bertz CT molecular complexity index is 1390. The smallest absolute Gasteiger partial charge is 0.335 e. The van der Waals surface area contributed by atoms with Crippen LogP contribution in [0.3, 0.4) is 0 Å². The summed E-state index contributed by atoms with van der Waals surface area (Å²) in [7, 11) is 0. The number of nitrogens with one attached hydrogen (secondary N) is 1. The second-order valence-electron chi connectivity index (χ2n) is 7.61. The van der Waals surface area contributed by atoms with Crippen LogP contribution in [0.1, 0.15) is 18.1 Å². The summed E-state index contributed by atoms with van der Waals surface area (Å²) in [5.74, 6) is -0.625. The van der Waals surface area contributed by atoms with Gasteiger partial charge in [0.15, 0.2) is 11.5 Å². The molecule has 3 aromatic rings. The number of benzene rings is 3. The first-order chi connectivity index (χ1) is 17.3. The summed E-state index contributed by atoms with van der Waals surface area (Å²) in [5.41, 5.74) is 1.47. The van der Waals surface area contributed by atoms with Crippen molar-refractivity contribution in [1.82, 2.24) is 5.32 Å². The van der Waals surface area contributed by atoms with Gasteiger partial charge in [0.2, 0.25) is 0 Å². The zero-order valence-corrected chi connectivity index (χ0v) is 22.0. The Morgan fingerprint density at radius 2 is 1.75 bits per heavy atom. The van der Waals surface area contributed by atoms with E-state index < -0.39 is 17.8 Å². The van der Waals surface area contributed by atoms with E-state index in [0.29, 0.717) is 43.9 Å². The lowest BCUT2D eigenvalue weighted by atomic mass is 10.1. The Kier molecular flexibility index (Phi) is 7.98. The van der Waals surface area contributed by atoms with Crippen molar-refractivity contribution in [2.75, 3.05) is 11.5 Å². The van der Waals surface area contributed by atoms with Crippen molar-refractivity contribution in [3.63, 3.8) is 0 Å². The van der Waals surface area contributed by atoms with E-state index in [0.717, 1.165) is 10.5 Å². The number of rotatable bonds is 7. The summed E-state index contributed by atoms with van der Waals surface area (Å²) in [5, 5.41) is 3.09.